The van der Waals surface area contributed by atoms with Crippen molar-refractivity contribution in [3.05, 3.63) is 12.1 Å². The third-order valence-electron chi connectivity index (χ3n) is 2.68. The van der Waals surface area contributed by atoms with Crippen LogP contribution >= 0.6 is 0 Å². The van der Waals surface area contributed by atoms with E-state index in [-0.39, 0.29) is 0 Å². The van der Waals surface area contributed by atoms with Gasteiger partial charge in [0, 0.05) is 19.1 Å². The maximum Gasteiger partial charge on any atom is 0.238 e. The predicted molar refractivity (Wildman–Crippen MR) is 62.6 cm³/mol. The lowest BCUT2D eigenvalue weighted by molar-refractivity contribution is 0.187. The van der Waals surface area contributed by atoms with Crippen LogP contribution in [0.3, 0.4) is 0 Å². The van der Waals surface area contributed by atoms with Gasteiger partial charge in [0.2, 0.25) is 5.88 Å². The maximum absolute atomic E-state index is 5.68. The first-order valence-corrected chi connectivity index (χ1v) is 5.41. The Morgan fingerprint density at radius 2 is 2.50 bits per heavy atom. The lowest BCUT2D eigenvalue weighted by Gasteiger charge is -2.11. The molecular formula is C11H17N3O2. The molecule has 0 bridgehead atoms. The minimum Gasteiger partial charge on any atom is -0.479 e. The molecule has 3 N–H and O–H groups in total. The Balaban J connectivity index is 1.93. The quantitative estimate of drug-likeness (QED) is 0.800. The van der Waals surface area contributed by atoms with Crippen molar-refractivity contribution in [3.63, 3.8) is 0 Å². The number of nitrogens with one attached hydrogen (secondary N) is 1. The summed E-state index contributed by atoms with van der Waals surface area (Å²) in [7, 11) is 1.56. The molecule has 0 aliphatic carbocycles. The first-order chi connectivity index (χ1) is 7.79. The fraction of sp³-hybridized carbons (Fsp3) is 0.545. The highest BCUT2D eigenvalue weighted by Gasteiger charge is 2.15. The number of nitrogen functional groups attached to an aromatic ring is 1. The molecule has 2 heterocycles. The van der Waals surface area contributed by atoms with Gasteiger partial charge in [-0.25, -0.2) is 0 Å². The lowest BCUT2D eigenvalue weighted by Crippen LogP contribution is -2.15. The zero-order valence-corrected chi connectivity index (χ0v) is 9.40. The number of anilines is 2. The molecule has 1 aromatic heterocycles. The number of pyridine rings is 1. The third-order valence-corrected chi connectivity index (χ3v) is 2.68. The summed E-state index contributed by atoms with van der Waals surface area (Å²) in [4.78, 5) is 4.25. The van der Waals surface area contributed by atoms with Crippen molar-refractivity contribution in [3.8, 4) is 5.88 Å². The van der Waals surface area contributed by atoms with Gasteiger partial charge < -0.3 is 20.5 Å². The van der Waals surface area contributed by atoms with Crippen LogP contribution in [0.15, 0.2) is 12.1 Å². The van der Waals surface area contributed by atoms with Gasteiger partial charge in [-0.15, -0.1) is 0 Å². The molecule has 1 aliphatic rings. The van der Waals surface area contributed by atoms with E-state index in [4.69, 9.17) is 15.2 Å². The average Bonchev–Trinajstić information content (AvgIpc) is 2.81. The first kappa shape index (κ1) is 11.0. The Labute approximate surface area is 95.0 Å². The number of aromatic nitrogens is 1. The number of hydrogen-bond donors (Lipinski definition) is 2. The molecule has 5 nitrogen and oxygen atoms in total. The van der Waals surface area contributed by atoms with Crippen LogP contribution in [0.1, 0.15) is 6.42 Å². The van der Waals surface area contributed by atoms with Gasteiger partial charge in [0.05, 0.1) is 19.4 Å². The van der Waals surface area contributed by atoms with Gasteiger partial charge in [-0.2, -0.15) is 4.98 Å². The molecule has 0 aromatic carbocycles. The van der Waals surface area contributed by atoms with E-state index in [9.17, 15) is 0 Å². The molecule has 0 radical (unpaired) electrons. The summed E-state index contributed by atoms with van der Waals surface area (Å²) in [6.45, 7) is 2.57. The molecule has 1 fully saturated rings. The third kappa shape index (κ3) is 2.55. The number of rotatable bonds is 4. The predicted octanol–water partition coefficient (Wildman–Crippen LogP) is 1.12. The van der Waals surface area contributed by atoms with Gasteiger partial charge in [0.1, 0.15) is 5.82 Å². The van der Waals surface area contributed by atoms with Crippen molar-refractivity contribution in [2.24, 2.45) is 5.92 Å². The van der Waals surface area contributed by atoms with Crippen LogP contribution < -0.4 is 15.8 Å². The molecule has 5 heteroatoms. The Morgan fingerprint density at radius 3 is 3.19 bits per heavy atom. The van der Waals surface area contributed by atoms with Gasteiger partial charge >= 0.3 is 0 Å². The van der Waals surface area contributed by atoms with Gasteiger partial charge in [0.25, 0.3) is 0 Å². The van der Waals surface area contributed by atoms with E-state index < -0.39 is 0 Å². The number of ether oxygens (including phenoxy) is 2. The highest BCUT2D eigenvalue weighted by atomic mass is 16.5. The van der Waals surface area contributed by atoms with Gasteiger partial charge in [-0.3, -0.25) is 0 Å². The van der Waals surface area contributed by atoms with Gasteiger partial charge in [-0.1, -0.05) is 0 Å². The van der Waals surface area contributed by atoms with Crippen LogP contribution in [0.2, 0.25) is 0 Å². The molecule has 0 spiro atoms. The largest absolute Gasteiger partial charge is 0.479 e. The van der Waals surface area contributed by atoms with Crippen molar-refractivity contribution in [2.75, 3.05) is 37.9 Å². The van der Waals surface area contributed by atoms with Crippen LogP contribution in [0.25, 0.3) is 0 Å². The monoisotopic (exact) mass is 223 g/mol. The summed E-state index contributed by atoms with van der Waals surface area (Å²) in [5.74, 6) is 1.83. The van der Waals surface area contributed by atoms with Crippen molar-refractivity contribution in [2.45, 2.75) is 6.42 Å². The van der Waals surface area contributed by atoms with Crippen LogP contribution in [0.4, 0.5) is 11.5 Å². The summed E-state index contributed by atoms with van der Waals surface area (Å²) in [5.41, 5.74) is 6.24. The number of nitrogens with two attached hydrogens (primary N) is 1. The Hall–Kier alpha value is -1.49. The smallest absolute Gasteiger partial charge is 0.238 e. The molecule has 1 atom stereocenters. The second kappa shape index (κ2) is 5.03. The topological polar surface area (TPSA) is 69.4 Å². The molecular weight excluding hydrogens is 206 g/mol. The molecule has 0 amide bonds. The van der Waals surface area contributed by atoms with E-state index >= 15 is 0 Å². The minimum absolute atomic E-state index is 0.465. The van der Waals surface area contributed by atoms with Crippen molar-refractivity contribution < 1.29 is 9.47 Å². The second-order valence-corrected chi connectivity index (χ2v) is 3.91. The SMILES string of the molecule is COc1nc(NCC2CCOC2)ccc1N. The number of methoxy groups -OCH3 is 1. The molecule has 0 saturated carbocycles. The summed E-state index contributed by atoms with van der Waals surface area (Å²) >= 11 is 0. The van der Waals surface area contributed by atoms with E-state index in [1.807, 2.05) is 6.07 Å². The van der Waals surface area contributed by atoms with E-state index in [2.05, 4.69) is 10.3 Å². The summed E-state index contributed by atoms with van der Waals surface area (Å²) < 4.78 is 10.4. The summed E-state index contributed by atoms with van der Waals surface area (Å²) in [5, 5.41) is 3.26. The molecule has 2 rings (SSSR count). The molecule has 1 aliphatic heterocycles. The van der Waals surface area contributed by atoms with E-state index in [1.54, 1.807) is 13.2 Å². The first-order valence-electron chi connectivity index (χ1n) is 5.41. The van der Waals surface area contributed by atoms with Crippen LogP contribution in [-0.4, -0.2) is 31.9 Å². The average molecular weight is 223 g/mol. The van der Waals surface area contributed by atoms with E-state index in [0.29, 0.717) is 17.5 Å². The highest BCUT2D eigenvalue weighted by molar-refractivity contribution is 5.53. The molecule has 88 valence electrons. The van der Waals surface area contributed by atoms with Gasteiger partial charge in [-0.05, 0) is 18.6 Å². The maximum atomic E-state index is 5.68. The Kier molecular flexibility index (Phi) is 3.46. The lowest BCUT2D eigenvalue weighted by atomic mass is 10.1. The molecule has 1 aromatic rings. The van der Waals surface area contributed by atoms with Crippen LogP contribution in [0.5, 0.6) is 5.88 Å². The van der Waals surface area contributed by atoms with Crippen molar-refractivity contribution in [1.29, 1.82) is 0 Å². The van der Waals surface area contributed by atoms with E-state index in [0.717, 1.165) is 32.0 Å². The molecule has 1 saturated heterocycles. The summed E-state index contributed by atoms with van der Waals surface area (Å²) in [6.07, 6.45) is 1.11. The number of hydrogen-bond acceptors (Lipinski definition) is 5. The summed E-state index contributed by atoms with van der Waals surface area (Å²) in [6, 6.07) is 3.65. The van der Waals surface area contributed by atoms with Crippen molar-refractivity contribution >= 4 is 11.5 Å². The zero-order valence-electron chi connectivity index (χ0n) is 9.40. The van der Waals surface area contributed by atoms with Crippen LogP contribution in [0, 0.1) is 5.92 Å². The highest BCUT2D eigenvalue weighted by Crippen LogP contribution is 2.21. The molecule has 1 unspecified atom stereocenters. The van der Waals surface area contributed by atoms with Crippen LogP contribution in [-0.2, 0) is 4.74 Å². The standard InChI is InChI=1S/C11H17N3O2/c1-15-11-9(12)2-3-10(14-11)13-6-8-4-5-16-7-8/h2-3,8H,4-7,12H2,1H3,(H,13,14). The normalized spacial score (nSPS) is 19.7. The number of nitrogens with zero attached hydrogens (tertiary/aromatic N) is 1. The van der Waals surface area contributed by atoms with Crippen molar-refractivity contribution in [1.82, 2.24) is 4.98 Å². The minimum atomic E-state index is 0.465. The van der Waals surface area contributed by atoms with E-state index in [1.165, 1.54) is 0 Å². The Bertz CT molecular complexity index is 351. The second-order valence-electron chi connectivity index (χ2n) is 3.91. The Morgan fingerprint density at radius 1 is 1.62 bits per heavy atom. The fourth-order valence-corrected chi connectivity index (χ4v) is 1.71. The molecule has 16 heavy (non-hydrogen) atoms. The zero-order chi connectivity index (χ0) is 11.4. The fourth-order valence-electron chi connectivity index (χ4n) is 1.71. The van der Waals surface area contributed by atoms with Gasteiger partial charge in [0.15, 0.2) is 0 Å².